The molecule has 1 nitrogen and oxygen atoms in total. The summed E-state index contributed by atoms with van der Waals surface area (Å²) in [6.07, 6.45) is 0.607. The highest BCUT2D eigenvalue weighted by atomic mass is 32.2. The Kier molecular flexibility index (Phi) is 2.84. The molecule has 0 amide bonds. The Morgan fingerprint density at radius 1 is 1.43 bits per heavy atom. The van der Waals surface area contributed by atoms with Gasteiger partial charge in [-0.15, -0.1) is 0 Å². The lowest BCUT2D eigenvalue weighted by Crippen LogP contribution is -2.03. The van der Waals surface area contributed by atoms with Crippen LogP contribution in [0.15, 0.2) is 18.2 Å². The van der Waals surface area contributed by atoms with Crippen LogP contribution in [-0.2, 0) is 5.75 Å². The van der Waals surface area contributed by atoms with Crippen molar-refractivity contribution in [3.63, 3.8) is 0 Å². The van der Waals surface area contributed by atoms with Crippen LogP contribution < -0.4 is 0 Å². The molecule has 1 aromatic carbocycles. The van der Waals surface area contributed by atoms with Crippen LogP contribution in [0.3, 0.4) is 0 Å². The van der Waals surface area contributed by atoms with E-state index in [1.165, 1.54) is 11.1 Å². The molecule has 0 radical (unpaired) electrons. The molecule has 1 aliphatic heterocycles. The second-order valence-electron chi connectivity index (χ2n) is 4.02. The summed E-state index contributed by atoms with van der Waals surface area (Å²) in [5.41, 5.74) is 3.79. The molecule has 2 atom stereocenters. The zero-order valence-electron chi connectivity index (χ0n) is 8.66. The van der Waals surface area contributed by atoms with Crippen molar-refractivity contribution in [3.8, 4) is 0 Å². The van der Waals surface area contributed by atoms with E-state index in [1.807, 2.05) is 17.8 Å². The molecular formula is C12H16OS. The van der Waals surface area contributed by atoms with Gasteiger partial charge in [-0.3, -0.25) is 0 Å². The number of aryl methyl sites for hydroxylation is 1. The number of aliphatic hydroxyl groups is 1. The van der Waals surface area contributed by atoms with E-state index in [0.717, 1.165) is 17.7 Å². The van der Waals surface area contributed by atoms with E-state index in [-0.39, 0.29) is 6.10 Å². The van der Waals surface area contributed by atoms with Crippen LogP contribution in [0.2, 0.25) is 0 Å². The third-order valence-electron chi connectivity index (χ3n) is 2.87. The third-order valence-corrected chi connectivity index (χ3v) is 4.09. The summed E-state index contributed by atoms with van der Waals surface area (Å²) in [4.78, 5) is 0. The highest BCUT2D eigenvalue weighted by Gasteiger charge is 2.21. The molecule has 0 spiro atoms. The monoisotopic (exact) mass is 208 g/mol. The topological polar surface area (TPSA) is 20.2 Å². The normalized spacial score (nSPS) is 26.8. The molecule has 76 valence electrons. The van der Waals surface area contributed by atoms with Gasteiger partial charge in [-0.05, 0) is 30.0 Å². The Morgan fingerprint density at radius 2 is 2.21 bits per heavy atom. The Bertz CT molecular complexity index is 335. The largest absolute Gasteiger partial charge is 0.388 e. The van der Waals surface area contributed by atoms with Crippen molar-refractivity contribution < 1.29 is 5.11 Å². The lowest BCUT2D eigenvalue weighted by atomic mass is 9.97. The standard InChI is InChI=1S/C12H16OS/c1-8-4-3-5-10-11(8)7-14-9(2)6-12(10)13/h3-5,9,12-13H,6-7H2,1-2H3. The first-order valence-corrected chi connectivity index (χ1v) is 6.11. The predicted octanol–water partition coefficient (Wildman–Crippen LogP) is 3.05. The molecule has 1 aromatic rings. The van der Waals surface area contributed by atoms with Gasteiger partial charge in [0.15, 0.2) is 0 Å². The maximum atomic E-state index is 10.0. The van der Waals surface area contributed by atoms with E-state index in [9.17, 15) is 5.11 Å². The number of rotatable bonds is 0. The first-order chi connectivity index (χ1) is 6.68. The maximum absolute atomic E-state index is 10.0. The quantitative estimate of drug-likeness (QED) is 0.707. The number of aliphatic hydroxyl groups excluding tert-OH is 1. The number of hydrogen-bond acceptors (Lipinski definition) is 2. The van der Waals surface area contributed by atoms with Gasteiger partial charge in [-0.2, -0.15) is 11.8 Å². The zero-order valence-corrected chi connectivity index (χ0v) is 9.47. The van der Waals surface area contributed by atoms with Gasteiger partial charge in [-0.25, -0.2) is 0 Å². The van der Waals surface area contributed by atoms with E-state index in [0.29, 0.717) is 5.25 Å². The molecule has 0 bridgehead atoms. The van der Waals surface area contributed by atoms with Crippen molar-refractivity contribution in [2.45, 2.75) is 37.4 Å². The summed E-state index contributed by atoms with van der Waals surface area (Å²) >= 11 is 1.94. The van der Waals surface area contributed by atoms with Gasteiger partial charge in [-0.1, -0.05) is 25.1 Å². The number of fused-ring (bicyclic) bond motifs is 1. The van der Waals surface area contributed by atoms with Gasteiger partial charge in [0.2, 0.25) is 0 Å². The zero-order chi connectivity index (χ0) is 10.1. The molecule has 1 aliphatic rings. The SMILES string of the molecule is Cc1cccc2c1CSC(C)CC2O. The molecule has 2 rings (SSSR count). The minimum atomic E-state index is -0.269. The van der Waals surface area contributed by atoms with Gasteiger partial charge in [0, 0.05) is 11.0 Å². The summed E-state index contributed by atoms with van der Waals surface area (Å²) in [5.74, 6) is 1.04. The highest BCUT2D eigenvalue weighted by Crippen LogP contribution is 2.35. The van der Waals surface area contributed by atoms with Gasteiger partial charge in [0.1, 0.15) is 0 Å². The van der Waals surface area contributed by atoms with Gasteiger partial charge < -0.3 is 5.11 Å². The highest BCUT2D eigenvalue weighted by molar-refractivity contribution is 7.99. The van der Waals surface area contributed by atoms with E-state index in [4.69, 9.17) is 0 Å². The van der Waals surface area contributed by atoms with Crippen molar-refractivity contribution >= 4 is 11.8 Å². The number of thioether (sulfide) groups is 1. The molecule has 1 N–H and O–H groups in total. The fourth-order valence-corrected chi connectivity index (χ4v) is 3.13. The first-order valence-electron chi connectivity index (χ1n) is 5.06. The predicted molar refractivity (Wildman–Crippen MR) is 61.5 cm³/mol. The first kappa shape index (κ1) is 10.1. The summed E-state index contributed by atoms with van der Waals surface area (Å²) < 4.78 is 0. The maximum Gasteiger partial charge on any atom is 0.0803 e. The molecular weight excluding hydrogens is 192 g/mol. The smallest absolute Gasteiger partial charge is 0.0803 e. The van der Waals surface area contributed by atoms with E-state index in [2.05, 4.69) is 26.0 Å². The van der Waals surface area contributed by atoms with Crippen LogP contribution in [0.1, 0.15) is 36.1 Å². The summed E-state index contributed by atoms with van der Waals surface area (Å²) in [7, 11) is 0. The van der Waals surface area contributed by atoms with E-state index in [1.54, 1.807) is 0 Å². The molecule has 0 fully saturated rings. The second-order valence-corrected chi connectivity index (χ2v) is 5.44. The van der Waals surface area contributed by atoms with Crippen molar-refractivity contribution in [2.24, 2.45) is 0 Å². The summed E-state index contributed by atoms with van der Waals surface area (Å²) in [6.45, 7) is 4.32. The molecule has 2 heteroatoms. The molecule has 0 saturated heterocycles. The second kappa shape index (κ2) is 3.95. The lowest BCUT2D eigenvalue weighted by molar-refractivity contribution is 0.168. The minimum absolute atomic E-state index is 0.269. The van der Waals surface area contributed by atoms with Gasteiger partial charge in [0.05, 0.1) is 6.10 Å². The van der Waals surface area contributed by atoms with Crippen molar-refractivity contribution in [3.05, 3.63) is 34.9 Å². The van der Waals surface area contributed by atoms with E-state index >= 15 is 0 Å². The average molecular weight is 208 g/mol. The Balaban J connectivity index is 2.43. The fourth-order valence-electron chi connectivity index (χ4n) is 1.97. The van der Waals surface area contributed by atoms with Crippen LogP contribution in [-0.4, -0.2) is 10.4 Å². The van der Waals surface area contributed by atoms with Crippen LogP contribution >= 0.6 is 11.8 Å². The number of hydrogen-bond donors (Lipinski definition) is 1. The van der Waals surface area contributed by atoms with Gasteiger partial charge >= 0.3 is 0 Å². The Hall–Kier alpha value is -0.470. The molecule has 14 heavy (non-hydrogen) atoms. The Labute approximate surface area is 89.5 Å². The van der Waals surface area contributed by atoms with Crippen LogP contribution in [0, 0.1) is 6.92 Å². The van der Waals surface area contributed by atoms with Crippen LogP contribution in [0.5, 0.6) is 0 Å². The minimum Gasteiger partial charge on any atom is -0.388 e. The Morgan fingerprint density at radius 3 is 3.00 bits per heavy atom. The molecule has 2 unspecified atom stereocenters. The third kappa shape index (κ3) is 1.82. The van der Waals surface area contributed by atoms with Crippen LogP contribution in [0.25, 0.3) is 0 Å². The van der Waals surface area contributed by atoms with Crippen molar-refractivity contribution in [1.82, 2.24) is 0 Å². The average Bonchev–Trinajstić information content (AvgIpc) is 2.28. The lowest BCUT2D eigenvalue weighted by Gasteiger charge is -2.13. The summed E-state index contributed by atoms with van der Waals surface area (Å²) in [6, 6.07) is 6.23. The molecule has 0 saturated carbocycles. The fraction of sp³-hybridized carbons (Fsp3) is 0.500. The van der Waals surface area contributed by atoms with Crippen molar-refractivity contribution in [2.75, 3.05) is 0 Å². The molecule has 0 aliphatic carbocycles. The van der Waals surface area contributed by atoms with Gasteiger partial charge in [0.25, 0.3) is 0 Å². The van der Waals surface area contributed by atoms with E-state index < -0.39 is 0 Å². The molecule has 1 heterocycles. The molecule has 0 aromatic heterocycles. The number of benzene rings is 1. The summed E-state index contributed by atoms with van der Waals surface area (Å²) in [5, 5.41) is 10.6. The van der Waals surface area contributed by atoms with Crippen LogP contribution in [0.4, 0.5) is 0 Å². The van der Waals surface area contributed by atoms with Crippen molar-refractivity contribution in [1.29, 1.82) is 0 Å².